The highest BCUT2D eigenvalue weighted by Crippen LogP contribution is 1.87. The molecule has 3 nitrogen and oxygen atoms in total. The third-order valence-corrected chi connectivity index (χ3v) is 0.312. The molecule has 0 saturated heterocycles. The van der Waals surface area contributed by atoms with Gasteiger partial charge >= 0.3 is 5.82 Å². The van der Waals surface area contributed by atoms with E-state index in [9.17, 15) is 0 Å². The monoisotopic (exact) mass is 90.0 g/mol. The van der Waals surface area contributed by atoms with Crippen molar-refractivity contribution in [1.29, 1.82) is 0 Å². The van der Waals surface area contributed by atoms with Gasteiger partial charge in [-0.05, 0) is 0 Å². The van der Waals surface area contributed by atoms with E-state index in [-0.39, 0.29) is 0 Å². The average molecular weight is 90.1 g/mol. The van der Waals surface area contributed by atoms with Crippen molar-refractivity contribution in [1.82, 2.24) is 0 Å². The first-order valence-corrected chi connectivity index (χ1v) is 1.37. The van der Waals surface area contributed by atoms with E-state index in [2.05, 4.69) is 9.69 Å². The van der Waals surface area contributed by atoms with Gasteiger partial charge in [0.05, 0.1) is 0 Å². The molecule has 0 atom stereocenters. The van der Waals surface area contributed by atoms with Crippen LogP contribution < -0.4 is 0 Å². The van der Waals surface area contributed by atoms with Crippen LogP contribution in [0.25, 0.3) is 15.1 Å². The molecule has 0 saturated carbocycles. The van der Waals surface area contributed by atoms with Crippen molar-refractivity contribution in [3.8, 4) is 0 Å². The molecule has 32 valence electrons. The molecule has 0 aromatic rings. The van der Waals surface area contributed by atoms with Gasteiger partial charge in [-0.15, -0.1) is 9.69 Å². The highest BCUT2D eigenvalue weighted by molar-refractivity contribution is 5.64. The van der Waals surface area contributed by atoms with E-state index in [0.717, 1.165) is 0 Å². The van der Waals surface area contributed by atoms with Crippen LogP contribution in [0.5, 0.6) is 0 Å². The lowest BCUT2D eigenvalue weighted by atomic mass is 10.8. The molecular formula is C4N3-. The zero-order valence-electron chi connectivity index (χ0n) is 3.34. The molecule has 0 unspecified atom stereocenters. The predicted molar refractivity (Wildman–Crippen MR) is 25.1 cm³/mol. The molecule has 3 heteroatoms. The van der Waals surface area contributed by atoms with Crippen molar-refractivity contribution < 1.29 is 0 Å². The summed E-state index contributed by atoms with van der Waals surface area (Å²) in [5.74, 6) is 0.979. The molecule has 0 aromatic heterocycles. The molecule has 0 spiro atoms. The maximum Gasteiger partial charge on any atom is 0.542 e. The zero-order chi connectivity index (χ0) is 5.70. The average Bonchev–Trinajstić information content (AvgIpc) is 1.72. The fourth-order valence-corrected chi connectivity index (χ4v) is 0.0750. The minimum Gasteiger partial charge on any atom is -0.769 e. The van der Waals surface area contributed by atoms with Crippen LogP contribution in [0.1, 0.15) is 0 Å². The van der Waals surface area contributed by atoms with Gasteiger partial charge in [-0.1, -0.05) is 0 Å². The lowest BCUT2D eigenvalue weighted by Crippen LogP contribution is -1.56. The number of nitrogens with zero attached hydrogens (tertiary/aromatic N) is 3. The van der Waals surface area contributed by atoms with Gasteiger partial charge in [0.25, 0.3) is 0 Å². The third kappa shape index (κ3) is 1.33. The summed E-state index contributed by atoms with van der Waals surface area (Å²) >= 11 is 0. The van der Waals surface area contributed by atoms with E-state index in [1.54, 1.807) is 0 Å². The van der Waals surface area contributed by atoms with Gasteiger partial charge in [0.1, 0.15) is 13.1 Å². The SMILES string of the molecule is [C-]#[N+]C(=C=[N-])[N+]#[C-]. The lowest BCUT2D eigenvalue weighted by molar-refractivity contribution is 1.81. The molecule has 0 amide bonds. The largest absolute Gasteiger partial charge is 0.769 e. The molecule has 0 heterocycles. The van der Waals surface area contributed by atoms with Gasteiger partial charge in [-0.3, -0.25) is 0 Å². The summed E-state index contributed by atoms with van der Waals surface area (Å²) in [6.07, 6.45) is 0. The molecule has 0 aliphatic heterocycles. The van der Waals surface area contributed by atoms with Crippen molar-refractivity contribution in [2.45, 2.75) is 0 Å². The Morgan fingerprint density at radius 1 is 1.43 bits per heavy atom. The second kappa shape index (κ2) is 2.66. The predicted octanol–water partition coefficient (Wildman–Crippen LogP) is 0.905. The molecule has 0 radical (unpaired) electrons. The van der Waals surface area contributed by atoms with Gasteiger partial charge in [0, 0.05) is 0 Å². The summed E-state index contributed by atoms with van der Waals surface area (Å²) in [5, 5.41) is 7.81. The molecule has 0 bridgehead atoms. The van der Waals surface area contributed by atoms with E-state index in [0.29, 0.717) is 0 Å². The molecule has 0 N–H and O–H groups in total. The van der Waals surface area contributed by atoms with E-state index in [1.165, 1.54) is 5.87 Å². The normalized spacial score (nSPS) is 4.86. The topological polar surface area (TPSA) is 31.0 Å². The molecule has 0 rings (SSSR count). The first-order chi connectivity index (χ1) is 3.35. The van der Waals surface area contributed by atoms with E-state index in [1.807, 2.05) is 0 Å². The standard InChI is InChI=1S/C4N3/c1-6-4(3-5)7-2/q-1. The van der Waals surface area contributed by atoms with Crippen LogP contribution in [-0.4, -0.2) is 5.87 Å². The van der Waals surface area contributed by atoms with Gasteiger partial charge in [-0.25, -0.2) is 0 Å². The summed E-state index contributed by atoms with van der Waals surface area (Å²) in [6, 6.07) is 0. The Morgan fingerprint density at radius 2 is 1.86 bits per heavy atom. The van der Waals surface area contributed by atoms with Crippen molar-refractivity contribution in [2.75, 3.05) is 0 Å². The molecule has 7 heavy (non-hydrogen) atoms. The van der Waals surface area contributed by atoms with E-state index in [4.69, 9.17) is 18.6 Å². The summed E-state index contributed by atoms with van der Waals surface area (Å²) < 4.78 is 0. The van der Waals surface area contributed by atoms with Crippen LogP contribution >= 0.6 is 0 Å². The first kappa shape index (κ1) is 5.43. The van der Waals surface area contributed by atoms with Crippen molar-refractivity contribution in [2.24, 2.45) is 0 Å². The van der Waals surface area contributed by atoms with Gasteiger partial charge < -0.3 is 5.41 Å². The van der Waals surface area contributed by atoms with E-state index >= 15 is 0 Å². The fourth-order valence-electron chi connectivity index (χ4n) is 0.0750. The quantitative estimate of drug-likeness (QED) is 0.312. The van der Waals surface area contributed by atoms with Crippen LogP contribution in [-0.2, 0) is 0 Å². The number of hydrogen-bond acceptors (Lipinski definition) is 0. The van der Waals surface area contributed by atoms with Crippen LogP contribution in [0.3, 0.4) is 0 Å². The lowest BCUT2D eigenvalue weighted by Gasteiger charge is -1.62. The van der Waals surface area contributed by atoms with E-state index < -0.39 is 5.82 Å². The number of hydrogen-bond donors (Lipinski definition) is 0. The Kier molecular flexibility index (Phi) is 2.06. The number of rotatable bonds is 0. The molecule has 0 aromatic carbocycles. The second-order valence-electron chi connectivity index (χ2n) is 0.659. The maximum absolute atomic E-state index is 7.81. The first-order valence-electron chi connectivity index (χ1n) is 1.37. The highest BCUT2D eigenvalue weighted by atomic mass is 14.9. The highest BCUT2D eigenvalue weighted by Gasteiger charge is 1.89. The fraction of sp³-hybridized carbons (Fsp3) is 0. The summed E-state index contributed by atoms with van der Waals surface area (Å²) in [7, 11) is 0. The van der Waals surface area contributed by atoms with Gasteiger partial charge in [-0.2, -0.15) is 5.87 Å². The Morgan fingerprint density at radius 3 is 1.86 bits per heavy atom. The summed E-state index contributed by atoms with van der Waals surface area (Å²) in [4.78, 5) is 5.15. The summed E-state index contributed by atoms with van der Waals surface area (Å²) in [5.41, 5.74) is 0. The van der Waals surface area contributed by atoms with Crippen molar-refractivity contribution in [3.63, 3.8) is 0 Å². The minimum atomic E-state index is -0.431. The Hall–Kier alpha value is -1.57. The smallest absolute Gasteiger partial charge is 0.542 e. The van der Waals surface area contributed by atoms with Crippen LogP contribution in [0.15, 0.2) is 5.82 Å². The van der Waals surface area contributed by atoms with Crippen LogP contribution in [0, 0.1) is 13.1 Å². The van der Waals surface area contributed by atoms with Crippen LogP contribution in [0.4, 0.5) is 0 Å². The van der Waals surface area contributed by atoms with Gasteiger partial charge in [0.15, 0.2) is 0 Å². The molecule has 0 aliphatic rings. The Bertz CT molecular complexity index is 168. The third-order valence-electron chi connectivity index (χ3n) is 0.312. The van der Waals surface area contributed by atoms with Crippen molar-refractivity contribution >= 4 is 5.87 Å². The Balaban J connectivity index is 4.35. The minimum absolute atomic E-state index is 0.431. The van der Waals surface area contributed by atoms with Gasteiger partial charge in [0.2, 0.25) is 0 Å². The summed E-state index contributed by atoms with van der Waals surface area (Å²) in [6.45, 7) is 12.2. The van der Waals surface area contributed by atoms with Crippen molar-refractivity contribution in [3.05, 3.63) is 34.1 Å². The second-order valence-corrected chi connectivity index (χ2v) is 0.659. The molecule has 0 fully saturated rings. The Labute approximate surface area is 41.0 Å². The maximum atomic E-state index is 7.81. The molecular weight excluding hydrogens is 90.1 g/mol. The molecule has 0 aliphatic carbocycles. The zero-order valence-corrected chi connectivity index (χ0v) is 3.34. The van der Waals surface area contributed by atoms with Crippen LogP contribution in [0.2, 0.25) is 0 Å².